The summed E-state index contributed by atoms with van der Waals surface area (Å²) >= 11 is 0. The largest absolute Gasteiger partial charge is 0.381 e. The summed E-state index contributed by atoms with van der Waals surface area (Å²) in [7, 11) is 1.96. The number of ether oxygens (including phenoxy) is 1. The minimum absolute atomic E-state index is 0.587. The summed E-state index contributed by atoms with van der Waals surface area (Å²) in [5.74, 6) is 0. The third-order valence-electron chi connectivity index (χ3n) is 1.73. The zero-order valence-corrected chi connectivity index (χ0v) is 9.23. The second-order valence-electron chi connectivity index (χ2n) is 3.53. The molecule has 0 bridgehead atoms. The topological polar surface area (TPSA) is 33.3 Å². The monoisotopic (exact) mass is 188 g/mol. The minimum Gasteiger partial charge on any atom is -0.381 e. The molecule has 0 radical (unpaired) electrons. The maximum atomic E-state index is 5.44. The first kappa shape index (κ1) is 12.9. The molecule has 0 saturated carbocycles. The van der Waals surface area contributed by atoms with E-state index in [9.17, 15) is 0 Å². The van der Waals surface area contributed by atoms with E-state index >= 15 is 0 Å². The minimum atomic E-state index is 0.587. The maximum absolute atomic E-state index is 5.44. The Kier molecular flexibility index (Phi) is 9.87. The Balaban J connectivity index is 2.84. The number of rotatable bonds is 9. The van der Waals surface area contributed by atoms with Crippen LogP contribution in [0.15, 0.2) is 0 Å². The van der Waals surface area contributed by atoms with E-state index in [1.807, 2.05) is 7.05 Å². The molecule has 0 aromatic carbocycles. The molecule has 80 valence electrons. The highest BCUT2D eigenvalue weighted by molar-refractivity contribution is 4.51. The third kappa shape index (κ3) is 11.9. The summed E-state index contributed by atoms with van der Waals surface area (Å²) in [5.41, 5.74) is 0. The van der Waals surface area contributed by atoms with Gasteiger partial charge in [0.05, 0.1) is 0 Å². The van der Waals surface area contributed by atoms with Crippen molar-refractivity contribution in [3.05, 3.63) is 0 Å². The number of hydrogen-bond donors (Lipinski definition) is 2. The van der Waals surface area contributed by atoms with E-state index in [0.29, 0.717) is 6.04 Å². The molecular weight excluding hydrogens is 164 g/mol. The maximum Gasteiger partial charge on any atom is 0.0478 e. The molecule has 0 aromatic rings. The lowest BCUT2D eigenvalue weighted by Gasteiger charge is -2.07. The lowest BCUT2D eigenvalue weighted by atomic mass is 10.3. The van der Waals surface area contributed by atoms with Gasteiger partial charge in [0.2, 0.25) is 0 Å². The summed E-state index contributed by atoms with van der Waals surface area (Å²) in [5, 5.41) is 6.45. The molecule has 0 heterocycles. The number of nitrogens with one attached hydrogen (secondary N) is 2. The third-order valence-corrected chi connectivity index (χ3v) is 1.73. The van der Waals surface area contributed by atoms with Crippen LogP contribution in [0.3, 0.4) is 0 Å². The van der Waals surface area contributed by atoms with Crippen LogP contribution in [0.4, 0.5) is 0 Å². The van der Waals surface area contributed by atoms with Gasteiger partial charge in [0.15, 0.2) is 0 Å². The molecule has 0 unspecified atom stereocenters. The van der Waals surface area contributed by atoms with Gasteiger partial charge in [-0.2, -0.15) is 0 Å². The standard InChI is InChI=1S/C10H24N2O/c1-10(2)12-7-5-9-13-8-4-6-11-3/h10-12H,4-9H2,1-3H3. The molecule has 0 rings (SSSR count). The molecule has 0 aliphatic rings. The molecule has 0 aromatic heterocycles. The van der Waals surface area contributed by atoms with Gasteiger partial charge in [-0.1, -0.05) is 13.8 Å². The first-order valence-corrected chi connectivity index (χ1v) is 5.23. The molecule has 0 saturated heterocycles. The highest BCUT2D eigenvalue weighted by Crippen LogP contribution is 1.85. The molecule has 0 amide bonds. The molecular formula is C10H24N2O. The number of hydrogen-bond acceptors (Lipinski definition) is 3. The van der Waals surface area contributed by atoms with E-state index < -0.39 is 0 Å². The SMILES string of the molecule is CNCCCOCCCNC(C)C. The van der Waals surface area contributed by atoms with Gasteiger partial charge in [0.25, 0.3) is 0 Å². The van der Waals surface area contributed by atoms with Crippen molar-refractivity contribution in [2.45, 2.75) is 32.7 Å². The van der Waals surface area contributed by atoms with Crippen molar-refractivity contribution < 1.29 is 4.74 Å². The van der Waals surface area contributed by atoms with Gasteiger partial charge in [-0.3, -0.25) is 0 Å². The fourth-order valence-electron chi connectivity index (χ4n) is 1.02. The van der Waals surface area contributed by atoms with Crippen molar-refractivity contribution in [2.24, 2.45) is 0 Å². The summed E-state index contributed by atoms with van der Waals surface area (Å²) in [6, 6.07) is 0.587. The van der Waals surface area contributed by atoms with Gasteiger partial charge in [-0.05, 0) is 33.0 Å². The summed E-state index contributed by atoms with van der Waals surface area (Å²) in [6.07, 6.45) is 2.21. The van der Waals surface area contributed by atoms with Crippen LogP contribution in [0.25, 0.3) is 0 Å². The lowest BCUT2D eigenvalue weighted by molar-refractivity contribution is 0.129. The molecule has 0 aliphatic heterocycles. The Morgan fingerprint density at radius 3 is 2.23 bits per heavy atom. The van der Waals surface area contributed by atoms with Crippen LogP contribution in [0.5, 0.6) is 0 Å². The predicted molar refractivity (Wildman–Crippen MR) is 57.1 cm³/mol. The highest BCUT2D eigenvalue weighted by atomic mass is 16.5. The smallest absolute Gasteiger partial charge is 0.0478 e. The molecule has 2 N–H and O–H groups in total. The first-order valence-electron chi connectivity index (χ1n) is 5.23. The Labute approximate surface area is 82.2 Å². The fraction of sp³-hybridized carbons (Fsp3) is 1.00. The Morgan fingerprint density at radius 1 is 1.08 bits per heavy atom. The molecule has 0 fully saturated rings. The van der Waals surface area contributed by atoms with Gasteiger partial charge in [-0.25, -0.2) is 0 Å². The zero-order valence-electron chi connectivity index (χ0n) is 9.23. The molecule has 0 atom stereocenters. The molecule has 0 spiro atoms. The van der Waals surface area contributed by atoms with E-state index in [0.717, 1.165) is 39.1 Å². The van der Waals surface area contributed by atoms with Crippen LogP contribution in [0.1, 0.15) is 26.7 Å². The highest BCUT2D eigenvalue weighted by Gasteiger charge is 1.92. The quantitative estimate of drug-likeness (QED) is 0.530. The Bertz CT molecular complexity index is 96.9. The van der Waals surface area contributed by atoms with E-state index in [4.69, 9.17) is 4.74 Å². The van der Waals surface area contributed by atoms with Gasteiger partial charge >= 0.3 is 0 Å². The first-order chi connectivity index (χ1) is 6.27. The summed E-state index contributed by atoms with van der Waals surface area (Å²) < 4.78 is 5.44. The van der Waals surface area contributed by atoms with Gasteiger partial charge in [0.1, 0.15) is 0 Å². The van der Waals surface area contributed by atoms with Crippen LogP contribution >= 0.6 is 0 Å². The van der Waals surface area contributed by atoms with E-state index in [-0.39, 0.29) is 0 Å². The van der Waals surface area contributed by atoms with E-state index in [2.05, 4.69) is 24.5 Å². The lowest BCUT2D eigenvalue weighted by Crippen LogP contribution is -2.24. The van der Waals surface area contributed by atoms with Crippen molar-refractivity contribution in [3.63, 3.8) is 0 Å². The summed E-state index contributed by atoms with van der Waals surface area (Å²) in [4.78, 5) is 0. The molecule has 0 aliphatic carbocycles. The van der Waals surface area contributed by atoms with Crippen LogP contribution < -0.4 is 10.6 Å². The normalized spacial score (nSPS) is 11.1. The van der Waals surface area contributed by atoms with Crippen molar-refractivity contribution >= 4 is 0 Å². The fourth-order valence-corrected chi connectivity index (χ4v) is 1.02. The second kappa shape index (κ2) is 9.96. The van der Waals surface area contributed by atoms with Crippen molar-refractivity contribution in [2.75, 3.05) is 33.4 Å². The molecule has 13 heavy (non-hydrogen) atoms. The van der Waals surface area contributed by atoms with Gasteiger partial charge in [-0.15, -0.1) is 0 Å². The van der Waals surface area contributed by atoms with Gasteiger partial charge in [0, 0.05) is 19.3 Å². The van der Waals surface area contributed by atoms with Crippen molar-refractivity contribution in [3.8, 4) is 0 Å². The second-order valence-corrected chi connectivity index (χ2v) is 3.53. The van der Waals surface area contributed by atoms with Crippen LogP contribution in [0, 0.1) is 0 Å². The van der Waals surface area contributed by atoms with Crippen LogP contribution in [-0.2, 0) is 4.74 Å². The Hall–Kier alpha value is -0.120. The summed E-state index contributed by atoms with van der Waals surface area (Å²) in [6.45, 7) is 8.18. The predicted octanol–water partition coefficient (Wildman–Crippen LogP) is 1.00. The Morgan fingerprint density at radius 2 is 1.69 bits per heavy atom. The molecule has 3 nitrogen and oxygen atoms in total. The van der Waals surface area contributed by atoms with Gasteiger partial charge < -0.3 is 15.4 Å². The average Bonchev–Trinajstić information content (AvgIpc) is 2.09. The van der Waals surface area contributed by atoms with E-state index in [1.54, 1.807) is 0 Å². The van der Waals surface area contributed by atoms with Crippen LogP contribution in [-0.4, -0.2) is 39.4 Å². The van der Waals surface area contributed by atoms with Crippen LogP contribution in [0.2, 0.25) is 0 Å². The van der Waals surface area contributed by atoms with E-state index in [1.165, 1.54) is 0 Å². The van der Waals surface area contributed by atoms with Crippen molar-refractivity contribution in [1.29, 1.82) is 0 Å². The molecule has 3 heteroatoms. The zero-order chi connectivity index (χ0) is 9.94. The van der Waals surface area contributed by atoms with Crippen molar-refractivity contribution in [1.82, 2.24) is 10.6 Å². The average molecular weight is 188 g/mol.